The van der Waals surface area contributed by atoms with Crippen LogP contribution in [0.1, 0.15) is 55.6 Å². The largest absolute Gasteiger partial charge is 0.496 e. The third-order valence-corrected chi connectivity index (χ3v) is 7.22. The molecular weight excluding hydrogens is 428 g/mol. The molecule has 0 unspecified atom stereocenters. The molecule has 2 aliphatic rings. The fraction of sp³-hybridized carbons (Fsp3) is 0.500. The van der Waals surface area contributed by atoms with Gasteiger partial charge in [0.05, 0.1) is 25.9 Å². The molecule has 8 nitrogen and oxygen atoms in total. The molecule has 1 aliphatic carbocycles. The molecule has 3 aromatic rings. The number of methoxy groups -OCH3 is 2. The highest BCUT2D eigenvalue weighted by Crippen LogP contribution is 2.38. The summed E-state index contributed by atoms with van der Waals surface area (Å²) in [6.45, 7) is 3.57. The quantitative estimate of drug-likeness (QED) is 0.523. The van der Waals surface area contributed by atoms with Crippen molar-refractivity contribution in [2.75, 3.05) is 45.3 Å². The van der Waals surface area contributed by atoms with E-state index in [2.05, 4.69) is 54.3 Å². The van der Waals surface area contributed by atoms with E-state index in [1.54, 1.807) is 14.2 Å². The van der Waals surface area contributed by atoms with Crippen LogP contribution in [-0.4, -0.2) is 65.5 Å². The van der Waals surface area contributed by atoms with Gasteiger partial charge in [-0.2, -0.15) is 0 Å². The molecule has 1 saturated carbocycles. The fourth-order valence-electron chi connectivity index (χ4n) is 5.47. The Labute approximate surface area is 201 Å². The Balaban J connectivity index is 1.46. The van der Waals surface area contributed by atoms with Gasteiger partial charge >= 0.3 is 0 Å². The number of piperazine rings is 1. The smallest absolute Gasteiger partial charge is 0.173 e. The van der Waals surface area contributed by atoms with Crippen LogP contribution in [0.2, 0.25) is 0 Å². The van der Waals surface area contributed by atoms with E-state index in [0.29, 0.717) is 6.04 Å². The van der Waals surface area contributed by atoms with Crippen LogP contribution in [-0.2, 0) is 0 Å². The molecule has 0 N–H and O–H groups in total. The summed E-state index contributed by atoms with van der Waals surface area (Å²) in [4.78, 5) is 4.90. The highest BCUT2D eigenvalue weighted by atomic mass is 16.5. The summed E-state index contributed by atoms with van der Waals surface area (Å²) >= 11 is 0. The maximum absolute atomic E-state index is 5.79. The average molecular weight is 463 g/mol. The van der Waals surface area contributed by atoms with Gasteiger partial charge in [0.1, 0.15) is 17.5 Å². The molecule has 0 amide bonds. The SMILES string of the molecule is COc1ccccc1[C@@H](c1nnnn1C1CCCCC1)N1CCN(c2ccccc2OC)CC1. The van der Waals surface area contributed by atoms with Crippen molar-refractivity contribution >= 4 is 5.69 Å². The lowest BCUT2D eigenvalue weighted by atomic mass is 9.95. The number of tetrazole rings is 1. The summed E-state index contributed by atoms with van der Waals surface area (Å²) in [5.41, 5.74) is 2.26. The van der Waals surface area contributed by atoms with Crippen molar-refractivity contribution in [3.63, 3.8) is 0 Å². The molecule has 0 bridgehead atoms. The highest BCUT2D eigenvalue weighted by molar-refractivity contribution is 5.58. The van der Waals surface area contributed by atoms with Crippen LogP contribution in [0.25, 0.3) is 0 Å². The summed E-state index contributed by atoms with van der Waals surface area (Å²) in [7, 11) is 3.47. The maximum Gasteiger partial charge on any atom is 0.173 e. The van der Waals surface area contributed by atoms with Crippen LogP contribution in [0, 0.1) is 0 Å². The van der Waals surface area contributed by atoms with Gasteiger partial charge in [-0.25, -0.2) is 4.68 Å². The van der Waals surface area contributed by atoms with Gasteiger partial charge in [0.25, 0.3) is 0 Å². The van der Waals surface area contributed by atoms with Crippen molar-refractivity contribution < 1.29 is 9.47 Å². The fourth-order valence-corrected chi connectivity index (χ4v) is 5.47. The molecule has 2 aromatic carbocycles. The van der Waals surface area contributed by atoms with Crippen LogP contribution in [0.4, 0.5) is 5.69 Å². The van der Waals surface area contributed by atoms with E-state index in [1.807, 2.05) is 24.3 Å². The van der Waals surface area contributed by atoms with E-state index in [-0.39, 0.29) is 6.04 Å². The summed E-state index contributed by atoms with van der Waals surface area (Å²) < 4.78 is 13.5. The average Bonchev–Trinajstić information content (AvgIpc) is 3.39. The van der Waals surface area contributed by atoms with Gasteiger partial charge < -0.3 is 14.4 Å². The minimum atomic E-state index is -0.0621. The Morgan fingerprint density at radius 1 is 0.824 bits per heavy atom. The summed E-state index contributed by atoms with van der Waals surface area (Å²) in [5, 5.41) is 13.2. The number of nitrogens with zero attached hydrogens (tertiary/aromatic N) is 6. The van der Waals surface area contributed by atoms with Gasteiger partial charge in [-0.3, -0.25) is 4.90 Å². The third kappa shape index (κ3) is 4.46. The van der Waals surface area contributed by atoms with E-state index in [1.165, 1.54) is 19.3 Å². The summed E-state index contributed by atoms with van der Waals surface area (Å²) in [5.74, 6) is 2.71. The first kappa shape index (κ1) is 22.7. The highest BCUT2D eigenvalue weighted by Gasteiger charge is 2.34. The number of hydrogen-bond acceptors (Lipinski definition) is 7. The van der Waals surface area contributed by atoms with Gasteiger partial charge in [-0.05, 0) is 41.5 Å². The molecule has 2 heterocycles. The lowest BCUT2D eigenvalue weighted by molar-refractivity contribution is 0.190. The topological polar surface area (TPSA) is 68.5 Å². The zero-order valence-corrected chi connectivity index (χ0v) is 20.1. The molecular formula is C26H34N6O2. The van der Waals surface area contributed by atoms with E-state index >= 15 is 0 Å². The van der Waals surface area contributed by atoms with Crippen LogP contribution in [0.3, 0.4) is 0 Å². The standard InChI is InChI=1S/C26H34N6O2/c1-33-23-14-8-6-12-21(23)25(26-27-28-29-32(26)20-10-4-3-5-11-20)31-18-16-30(17-19-31)22-13-7-9-15-24(22)34-2/h6-9,12-15,20,25H,3-5,10-11,16-19H2,1-2H3/t25-/m0/s1. The number of anilines is 1. The minimum Gasteiger partial charge on any atom is -0.496 e. The zero-order chi connectivity index (χ0) is 23.3. The van der Waals surface area contributed by atoms with Crippen molar-refractivity contribution in [1.82, 2.24) is 25.1 Å². The number of aromatic nitrogens is 4. The Bertz CT molecular complexity index is 1070. The number of para-hydroxylation sites is 3. The van der Waals surface area contributed by atoms with Gasteiger partial charge in [0, 0.05) is 31.7 Å². The van der Waals surface area contributed by atoms with Crippen LogP contribution in [0.5, 0.6) is 11.5 Å². The van der Waals surface area contributed by atoms with Gasteiger partial charge in [0.15, 0.2) is 5.82 Å². The van der Waals surface area contributed by atoms with Crippen molar-refractivity contribution in [3.8, 4) is 11.5 Å². The Hall–Kier alpha value is -3.13. The normalized spacial score (nSPS) is 18.6. The van der Waals surface area contributed by atoms with Crippen molar-refractivity contribution in [2.45, 2.75) is 44.2 Å². The Morgan fingerprint density at radius 2 is 1.50 bits per heavy atom. The molecule has 8 heteroatoms. The third-order valence-electron chi connectivity index (χ3n) is 7.22. The number of benzene rings is 2. The maximum atomic E-state index is 5.79. The van der Waals surface area contributed by atoms with Crippen molar-refractivity contribution in [2.24, 2.45) is 0 Å². The summed E-state index contributed by atoms with van der Waals surface area (Å²) in [6, 6.07) is 16.8. The second-order valence-corrected chi connectivity index (χ2v) is 9.11. The molecule has 1 aromatic heterocycles. The predicted octanol–water partition coefficient (Wildman–Crippen LogP) is 4.11. The van der Waals surface area contributed by atoms with Gasteiger partial charge in [-0.15, -0.1) is 5.10 Å². The number of hydrogen-bond donors (Lipinski definition) is 0. The number of rotatable bonds is 7. The van der Waals surface area contributed by atoms with E-state index in [4.69, 9.17) is 9.47 Å². The monoisotopic (exact) mass is 462 g/mol. The van der Waals surface area contributed by atoms with Gasteiger partial charge in [-0.1, -0.05) is 49.6 Å². The van der Waals surface area contributed by atoms with Crippen LogP contribution in [0.15, 0.2) is 48.5 Å². The first-order valence-electron chi connectivity index (χ1n) is 12.3. The van der Waals surface area contributed by atoms with E-state index in [0.717, 1.165) is 67.6 Å². The molecule has 1 saturated heterocycles. The van der Waals surface area contributed by atoms with Crippen LogP contribution < -0.4 is 14.4 Å². The lowest BCUT2D eigenvalue weighted by Gasteiger charge is -2.40. The first-order chi connectivity index (χ1) is 16.8. The molecule has 5 rings (SSSR count). The molecule has 1 atom stereocenters. The number of ether oxygens (including phenoxy) is 2. The molecule has 0 spiro atoms. The minimum absolute atomic E-state index is 0.0621. The molecule has 1 aliphatic heterocycles. The second-order valence-electron chi connectivity index (χ2n) is 9.11. The van der Waals surface area contributed by atoms with Crippen molar-refractivity contribution in [3.05, 3.63) is 59.9 Å². The van der Waals surface area contributed by atoms with Crippen LogP contribution >= 0.6 is 0 Å². The predicted molar refractivity (Wildman–Crippen MR) is 132 cm³/mol. The summed E-state index contributed by atoms with van der Waals surface area (Å²) in [6.07, 6.45) is 6.05. The van der Waals surface area contributed by atoms with Gasteiger partial charge in [0.2, 0.25) is 0 Å². The Kier molecular flexibility index (Phi) is 6.94. The second kappa shape index (κ2) is 10.4. The van der Waals surface area contributed by atoms with Crippen molar-refractivity contribution in [1.29, 1.82) is 0 Å². The molecule has 0 radical (unpaired) electrons. The molecule has 34 heavy (non-hydrogen) atoms. The zero-order valence-electron chi connectivity index (χ0n) is 20.1. The lowest BCUT2D eigenvalue weighted by Crippen LogP contribution is -2.48. The van der Waals surface area contributed by atoms with E-state index in [9.17, 15) is 0 Å². The molecule has 180 valence electrons. The Morgan fingerprint density at radius 3 is 2.24 bits per heavy atom. The first-order valence-corrected chi connectivity index (χ1v) is 12.3. The van der Waals surface area contributed by atoms with E-state index < -0.39 is 0 Å². The molecule has 2 fully saturated rings.